The Labute approximate surface area is 58.7 Å². The molecule has 4 heteroatoms. The number of hydrogen-bond donors (Lipinski definition) is 1. The maximum absolute atomic E-state index is 8.57. The first kappa shape index (κ1) is 11.4. The molecule has 0 radical (unpaired) electrons. The summed E-state index contributed by atoms with van der Waals surface area (Å²) in [7, 11) is 1.20. The van der Waals surface area contributed by atoms with Crippen molar-refractivity contribution in [3.8, 4) is 0 Å². The molecule has 0 bridgehead atoms. The minimum atomic E-state index is -1.50. The van der Waals surface area contributed by atoms with Crippen LogP contribution >= 0.6 is 8.58 Å². The van der Waals surface area contributed by atoms with E-state index in [-0.39, 0.29) is 0 Å². The molecule has 0 aliphatic heterocycles. The van der Waals surface area contributed by atoms with E-state index in [1.807, 2.05) is 0 Å². The van der Waals surface area contributed by atoms with Crippen LogP contribution in [0.3, 0.4) is 0 Å². The molecule has 8 heavy (non-hydrogen) atoms. The van der Waals surface area contributed by atoms with Crippen LogP contribution in [0.5, 0.6) is 0 Å². The van der Waals surface area contributed by atoms with E-state index in [1.54, 1.807) is 0 Å². The van der Waals surface area contributed by atoms with E-state index in [9.17, 15) is 0 Å². The van der Waals surface area contributed by atoms with Crippen LogP contribution in [-0.4, -0.2) is 32.0 Å². The van der Waals surface area contributed by atoms with E-state index < -0.39 is 15.5 Å². The van der Waals surface area contributed by atoms with Crippen molar-refractivity contribution in [1.82, 2.24) is 0 Å². The van der Waals surface area contributed by atoms with E-state index in [1.165, 1.54) is 20.9 Å². The summed E-state index contributed by atoms with van der Waals surface area (Å²) in [5.41, 5.74) is 0. The average Bonchev–Trinajstić information content (AvgIpc) is 1.71. The summed E-state index contributed by atoms with van der Waals surface area (Å²) in [6.45, 7) is 4.45. The van der Waals surface area contributed by atoms with Crippen LogP contribution in [0.1, 0.15) is 13.8 Å². The first-order chi connectivity index (χ1) is 3.83. The first-order valence-corrected chi connectivity index (χ1v) is 5.02. The molecule has 0 atom stereocenters. The first-order valence-electron chi connectivity index (χ1n) is 2.62. The zero-order valence-electron chi connectivity index (χ0n) is 5.35. The van der Waals surface area contributed by atoms with Crippen LogP contribution in [0.4, 0.5) is 0 Å². The fourth-order valence-electron chi connectivity index (χ4n) is 0.250. The molecule has 0 amide bonds. The molecule has 0 unspecified atom stereocenters. The molecule has 0 aliphatic carbocycles. The molecule has 0 aromatic rings. The van der Waals surface area contributed by atoms with Gasteiger partial charge in [-0.3, -0.25) is 0 Å². The van der Waals surface area contributed by atoms with Crippen molar-refractivity contribution in [2.24, 2.45) is 0 Å². The Kier molecular flexibility index (Phi) is 22.2. The van der Waals surface area contributed by atoms with Crippen molar-refractivity contribution < 1.29 is 7.96 Å². The second kappa shape index (κ2) is 15.6. The fourth-order valence-corrected chi connectivity index (χ4v) is 0.750. The molecule has 0 aliphatic rings. The molecule has 0 rings (SSSR count). The molecule has 0 saturated carbocycles. The summed E-state index contributed by atoms with van der Waals surface area (Å²) in [5.74, 6) is 0. The maximum atomic E-state index is 8.57. The van der Waals surface area contributed by atoms with E-state index in [0.717, 1.165) is 0 Å². The Morgan fingerprint density at radius 1 is 1.50 bits per heavy atom. The third-order valence-corrected chi connectivity index (χ3v) is 1.50. The Balaban J connectivity index is 0. The van der Waals surface area contributed by atoms with Crippen molar-refractivity contribution in [1.29, 1.82) is 0 Å². The number of rotatable bonds is 2. The summed E-state index contributed by atoms with van der Waals surface area (Å²) >= 11 is -1.50. The van der Waals surface area contributed by atoms with E-state index in [4.69, 9.17) is 7.96 Å². The SMILES string of the molecule is CCPCC.[O]=[Al][OH]. The third-order valence-electron chi connectivity index (χ3n) is 0.500. The van der Waals surface area contributed by atoms with Gasteiger partial charge in [0.25, 0.3) is 0 Å². The Hall–Kier alpha value is 0.562. The van der Waals surface area contributed by atoms with Gasteiger partial charge in [0.15, 0.2) is 0 Å². The van der Waals surface area contributed by atoms with Crippen molar-refractivity contribution in [3.05, 3.63) is 0 Å². The van der Waals surface area contributed by atoms with Gasteiger partial charge in [-0.2, -0.15) is 0 Å². The summed E-state index contributed by atoms with van der Waals surface area (Å²) in [6.07, 6.45) is 2.74. The Morgan fingerprint density at radius 3 is 1.75 bits per heavy atom. The van der Waals surface area contributed by atoms with Gasteiger partial charge in [-0.1, -0.05) is 13.8 Å². The van der Waals surface area contributed by atoms with Crippen molar-refractivity contribution in [2.75, 3.05) is 12.3 Å². The van der Waals surface area contributed by atoms with Crippen LogP contribution in [0.2, 0.25) is 0 Å². The van der Waals surface area contributed by atoms with Gasteiger partial charge in [0.05, 0.1) is 0 Å². The summed E-state index contributed by atoms with van der Waals surface area (Å²) < 4.78 is 15.7. The molecule has 0 aromatic heterocycles. The molecule has 0 spiro atoms. The zero-order chi connectivity index (χ0) is 6.83. The van der Waals surface area contributed by atoms with E-state index in [0.29, 0.717) is 0 Å². The fraction of sp³-hybridized carbons (Fsp3) is 1.00. The van der Waals surface area contributed by atoms with Gasteiger partial charge in [-0.05, 0) is 12.3 Å². The second-order valence-electron chi connectivity index (χ2n) is 1.06. The van der Waals surface area contributed by atoms with E-state index >= 15 is 0 Å². The Morgan fingerprint density at radius 2 is 1.75 bits per heavy atom. The van der Waals surface area contributed by atoms with Gasteiger partial charge in [0.2, 0.25) is 0 Å². The third kappa shape index (κ3) is 30.9. The molecular weight excluding hydrogens is 138 g/mol. The van der Waals surface area contributed by atoms with E-state index in [2.05, 4.69) is 13.8 Å². The van der Waals surface area contributed by atoms with Gasteiger partial charge < -0.3 is 0 Å². The summed E-state index contributed by atoms with van der Waals surface area (Å²) in [4.78, 5) is 0. The molecule has 48 valence electrons. The van der Waals surface area contributed by atoms with Gasteiger partial charge >= 0.3 is 23.4 Å². The van der Waals surface area contributed by atoms with Crippen molar-refractivity contribution >= 4 is 24.1 Å². The van der Waals surface area contributed by atoms with Crippen molar-refractivity contribution in [3.63, 3.8) is 0 Å². The van der Waals surface area contributed by atoms with Crippen LogP contribution in [0.25, 0.3) is 0 Å². The topological polar surface area (TPSA) is 37.3 Å². The molecule has 0 fully saturated rings. The van der Waals surface area contributed by atoms with Gasteiger partial charge in [-0.25, -0.2) is 0 Å². The van der Waals surface area contributed by atoms with Gasteiger partial charge in [0, 0.05) is 0 Å². The monoisotopic (exact) mass is 150 g/mol. The number of hydrogen-bond acceptors (Lipinski definition) is 1. The van der Waals surface area contributed by atoms with Gasteiger partial charge in [-0.15, -0.1) is 8.58 Å². The van der Waals surface area contributed by atoms with Crippen LogP contribution < -0.4 is 0 Å². The average molecular weight is 150 g/mol. The standard InChI is InChI=1S/C4H11P.Al.H2O.O/c1-3-5-4-2;;;/h5H,3-4H2,1-2H3;;1H2;/q;+1;;/p-1. The molecular formula is C4H12AlO2P. The Bertz CT molecular complexity index is 41.0. The minimum absolute atomic E-state index is 1.20. The van der Waals surface area contributed by atoms with Crippen LogP contribution in [0.15, 0.2) is 0 Å². The predicted octanol–water partition coefficient (Wildman–Crippen LogP) is 0.648. The zero-order valence-corrected chi connectivity index (χ0v) is 7.50. The molecule has 0 heterocycles. The molecule has 2 nitrogen and oxygen atoms in total. The van der Waals surface area contributed by atoms with Crippen LogP contribution in [-0.2, 0) is 3.80 Å². The summed E-state index contributed by atoms with van der Waals surface area (Å²) in [5, 5.41) is 0. The summed E-state index contributed by atoms with van der Waals surface area (Å²) in [6, 6.07) is 0. The quantitative estimate of drug-likeness (QED) is 0.463. The van der Waals surface area contributed by atoms with Gasteiger partial charge in [0.1, 0.15) is 0 Å². The van der Waals surface area contributed by atoms with Crippen LogP contribution in [0, 0.1) is 0 Å². The molecule has 0 saturated heterocycles. The van der Waals surface area contributed by atoms with Crippen molar-refractivity contribution in [2.45, 2.75) is 13.8 Å². The molecule has 0 aromatic carbocycles. The normalized spacial score (nSPS) is 6.25. The second-order valence-corrected chi connectivity index (χ2v) is 3.19. The predicted molar refractivity (Wildman–Crippen MR) is 38.1 cm³/mol. The molecule has 1 N–H and O–H groups in total.